The summed E-state index contributed by atoms with van der Waals surface area (Å²) in [6.45, 7) is 3.88. The van der Waals surface area contributed by atoms with Gasteiger partial charge in [-0.05, 0) is 54.8 Å². The first kappa shape index (κ1) is 44.0. The van der Waals surface area contributed by atoms with Gasteiger partial charge in [0, 0.05) is 17.5 Å². The van der Waals surface area contributed by atoms with E-state index in [1.165, 1.54) is 18.2 Å². The Bertz CT molecular complexity index is 2620. The molecule has 2 aromatic heterocycles. The Morgan fingerprint density at radius 2 is 1.18 bits per heavy atom. The number of nitrogens with zero attached hydrogens (tertiary/aromatic N) is 6. The largest absolute Gasteiger partial charge is 0.481 e. The molecule has 62 heavy (non-hydrogen) atoms. The second-order valence-corrected chi connectivity index (χ2v) is 14.4. The fourth-order valence-electron chi connectivity index (χ4n) is 6.58. The van der Waals surface area contributed by atoms with Crippen LogP contribution in [0.15, 0.2) is 133 Å². The van der Waals surface area contributed by atoms with Gasteiger partial charge in [0.15, 0.2) is 5.82 Å². The fraction of sp³-hybridized carbons (Fsp3) is 0.174. The average molecular weight is 857 g/mol. The molecule has 16 heteroatoms. The number of carboxylic acids is 2. The molecule has 0 aliphatic rings. The van der Waals surface area contributed by atoms with Crippen LogP contribution < -0.4 is 10.6 Å². The van der Waals surface area contributed by atoms with Crippen LogP contribution in [0.1, 0.15) is 82.0 Å². The van der Waals surface area contributed by atoms with Crippen molar-refractivity contribution in [1.29, 1.82) is 0 Å². The van der Waals surface area contributed by atoms with Crippen LogP contribution in [0.5, 0.6) is 0 Å². The van der Waals surface area contributed by atoms with E-state index in [-0.39, 0.29) is 23.6 Å². The molecule has 316 valence electrons. The summed E-state index contributed by atoms with van der Waals surface area (Å²) >= 11 is 6.30. The third-order valence-corrected chi connectivity index (χ3v) is 9.81. The van der Waals surface area contributed by atoms with Crippen molar-refractivity contribution in [1.82, 2.24) is 40.2 Å². The number of halogens is 2. The standard InChI is InChI=1S/C24H19FN4O3.C22H23ClN4O3/c25-19-14-8-7-13-18(19)20(15-21(30)31)26-24(32)22-27-23(16-9-3-1-4-10-16)29(28-22)17-11-5-2-6-12-17;1-3-8-19-25-21(26-27(19)18-12-7-6-11-16(18)23)22(30)24-17(13-20(28)29)15-10-5-4-9-14(15)2/h1-14,20H,15H2,(H,26,32)(H,30,31);4-7,9-12,17H,3,8,13H2,1-2H3,(H,24,30)(H,28,29)/t20-;17-/m00/s1. The first-order chi connectivity index (χ1) is 29.9. The Labute approximate surface area is 361 Å². The number of carboxylic acid groups (broad SMARTS) is 2. The highest BCUT2D eigenvalue weighted by Crippen LogP contribution is 2.25. The summed E-state index contributed by atoms with van der Waals surface area (Å²) in [6, 6.07) is 37.0. The summed E-state index contributed by atoms with van der Waals surface area (Å²) in [6.07, 6.45) is 0.693. The van der Waals surface area contributed by atoms with Gasteiger partial charge in [0.05, 0.1) is 41.3 Å². The highest BCUT2D eigenvalue weighted by Gasteiger charge is 2.26. The predicted octanol–water partition coefficient (Wildman–Crippen LogP) is 8.15. The van der Waals surface area contributed by atoms with E-state index in [4.69, 9.17) is 11.6 Å². The van der Waals surface area contributed by atoms with Crippen molar-refractivity contribution in [3.63, 3.8) is 0 Å². The number of nitrogens with one attached hydrogen (secondary N) is 2. The molecule has 0 saturated heterocycles. The van der Waals surface area contributed by atoms with Gasteiger partial charge < -0.3 is 20.8 Å². The van der Waals surface area contributed by atoms with Crippen LogP contribution in [-0.2, 0) is 16.0 Å². The Kier molecular flexibility index (Phi) is 14.7. The number of aryl methyl sites for hydroxylation is 2. The Morgan fingerprint density at radius 3 is 1.77 bits per heavy atom. The number of rotatable bonds is 15. The topological polar surface area (TPSA) is 194 Å². The third kappa shape index (κ3) is 11.0. The highest BCUT2D eigenvalue weighted by molar-refractivity contribution is 6.32. The van der Waals surface area contributed by atoms with E-state index in [1.54, 1.807) is 27.6 Å². The lowest BCUT2D eigenvalue weighted by molar-refractivity contribution is -0.138. The van der Waals surface area contributed by atoms with Crippen LogP contribution in [0.3, 0.4) is 0 Å². The average Bonchev–Trinajstić information content (AvgIpc) is 3.90. The number of carbonyl (C=O) groups is 4. The normalized spacial score (nSPS) is 11.7. The van der Waals surface area contributed by atoms with Gasteiger partial charge in [-0.2, -0.15) is 0 Å². The van der Waals surface area contributed by atoms with Crippen molar-refractivity contribution in [3.05, 3.63) is 178 Å². The maximum atomic E-state index is 14.3. The van der Waals surface area contributed by atoms with Crippen molar-refractivity contribution in [2.45, 2.75) is 51.6 Å². The molecule has 0 fully saturated rings. The fourth-order valence-corrected chi connectivity index (χ4v) is 6.80. The monoisotopic (exact) mass is 856 g/mol. The molecule has 2 amide bonds. The second kappa shape index (κ2) is 20.6. The van der Waals surface area contributed by atoms with E-state index in [0.29, 0.717) is 34.5 Å². The van der Waals surface area contributed by atoms with E-state index in [0.717, 1.165) is 23.1 Å². The lowest BCUT2D eigenvalue weighted by atomic mass is 9.99. The summed E-state index contributed by atoms with van der Waals surface area (Å²) in [5.41, 5.74) is 3.80. The van der Waals surface area contributed by atoms with Gasteiger partial charge in [-0.25, -0.2) is 23.7 Å². The minimum absolute atomic E-state index is 0.0256. The van der Waals surface area contributed by atoms with Crippen molar-refractivity contribution in [3.8, 4) is 22.8 Å². The molecule has 7 rings (SSSR count). The highest BCUT2D eigenvalue weighted by atomic mass is 35.5. The number of benzene rings is 5. The Balaban J connectivity index is 0.000000207. The van der Waals surface area contributed by atoms with Crippen LogP contribution in [0.2, 0.25) is 5.02 Å². The third-order valence-electron chi connectivity index (χ3n) is 9.49. The minimum atomic E-state index is -1.17. The van der Waals surface area contributed by atoms with Gasteiger partial charge in [-0.1, -0.05) is 122 Å². The molecule has 0 spiro atoms. The predicted molar refractivity (Wildman–Crippen MR) is 230 cm³/mol. The van der Waals surface area contributed by atoms with Crippen LogP contribution in [0.4, 0.5) is 4.39 Å². The van der Waals surface area contributed by atoms with Crippen LogP contribution in [-0.4, -0.2) is 63.5 Å². The van der Waals surface area contributed by atoms with Gasteiger partial charge in [0.1, 0.15) is 11.6 Å². The summed E-state index contributed by atoms with van der Waals surface area (Å²) in [7, 11) is 0. The lowest BCUT2D eigenvalue weighted by Crippen LogP contribution is -2.31. The zero-order valence-electron chi connectivity index (χ0n) is 33.7. The Hall–Kier alpha value is -7.52. The number of hydrogen-bond donors (Lipinski definition) is 4. The van der Waals surface area contributed by atoms with Crippen molar-refractivity contribution >= 4 is 35.4 Å². The number of para-hydroxylation sites is 2. The van der Waals surface area contributed by atoms with Gasteiger partial charge in [0.25, 0.3) is 11.8 Å². The lowest BCUT2D eigenvalue weighted by Gasteiger charge is -2.18. The van der Waals surface area contributed by atoms with Gasteiger partial charge in [-0.3, -0.25) is 19.2 Å². The Morgan fingerprint density at radius 1 is 0.661 bits per heavy atom. The summed E-state index contributed by atoms with van der Waals surface area (Å²) in [5.74, 6) is -3.15. The van der Waals surface area contributed by atoms with Gasteiger partial charge >= 0.3 is 11.9 Å². The second-order valence-electron chi connectivity index (χ2n) is 14.0. The molecule has 4 N–H and O–H groups in total. The van der Waals surface area contributed by atoms with E-state index < -0.39 is 48.1 Å². The molecule has 5 aromatic carbocycles. The zero-order valence-corrected chi connectivity index (χ0v) is 34.4. The van der Waals surface area contributed by atoms with E-state index in [2.05, 4.69) is 30.8 Å². The van der Waals surface area contributed by atoms with Crippen LogP contribution >= 0.6 is 11.6 Å². The van der Waals surface area contributed by atoms with Crippen molar-refractivity contribution in [2.75, 3.05) is 0 Å². The molecule has 7 aromatic rings. The molecule has 0 saturated carbocycles. The summed E-state index contributed by atoms with van der Waals surface area (Å²) < 4.78 is 17.4. The van der Waals surface area contributed by atoms with Gasteiger partial charge in [0.2, 0.25) is 11.6 Å². The molecule has 0 aliphatic heterocycles. The van der Waals surface area contributed by atoms with Gasteiger partial charge in [-0.15, -0.1) is 10.2 Å². The van der Waals surface area contributed by atoms with E-state index >= 15 is 0 Å². The first-order valence-corrected chi connectivity index (χ1v) is 19.9. The molecule has 0 radical (unpaired) electrons. The maximum Gasteiger partial charge on any atom is 0.305 e. The molecular formula is C46H42ClFN8O6. The smallest absolute Gasteiger partial charge is 0.305 e. The molecule has 2 atom stereocenters. The maximum absolute atomic E-state index is 14.3. The van der Waals surface area contributed by atoms with Crippen molar-refractivity contribution < 1.29 is 33.8 Å². The number of carbonyl (C=O) groups excluding carboxylic acids is 2. The minimum Gasteiger partial charge on any atom is -0.481 e. The van der Waals surface area contributed by atoms with Crippen molar-refractivity contribution in [2.24, 2.45) is 0 Å². The molecule has 0 aliphatic carbocycles. The van der Waals surface area contributed by atoms with E-state index in [1.807, 2.05) is 111 Å². The number of aromatic nitrogens is 6. The van der Waals surface area contributed by atoms with Crippen LogP contribution in [0.25, 0.3) is 22.8 Å². The molecule has 0 unspecified atom stereocenters. The van der Waals surface area contributed by atoms with E-state index in [9.17, 15) is 33.8 Å². The molecular weight excluding hydrogens is 815 g/mol. The summed E-state index contributed by atoms with van der Waals surface area (Å²) in [4.78, 5) is 57.4. The summed E-state index contributed by atoms with van der Waals surface area (Å²) in [5, 5.41) is 33.1. The molecule has 0 bridgehead atoms. The SMILES string of the molecule is CCCc1nc(C(=O)N[C@@H](CC(=O)O)c2ccccc2C)nn1-c1ccccc1Cl.O=C(O)C[C@H](NC(=O)c1nc(-c2ccccc2)n(-c2ccccc2)n1)c1ccccc1F. The number of hydrogen-bond acceptors (Lipinski definition) is 8. The molecule has 14 nitrogen and oxygen atoms in total. The molecule has 2 heterocycles. The quantitative estimate of drug-likeness (QED) is 0.0782. The van der Waals surface area contributed by atoms with Crippen LogP contribution in [0, 0.1) is 12.7 Å². The number of amides is 2. The zero-order chi connectivity index (χ0) is 44.2. The number of aliphatic carboxylic acids is 2. The first-order valence-electron chi connectivity index (χ1n) is 19.6.